The molecule has 170 valence electrons. The molecule has 0 spiro atoms. The third kappa shape index (κ3) is 7.28. The lowest BCUT2D eigenvalue weighted by Gasteiger charge is -2.18. The normalized spacial score (nSPS) is 11.5. The summed E-state index contributed by atoms with van der Waals surface area (Å²) in [5.41, 5.74) is 6.44. The summed E-state index contributed by atoms with van der Waals surface area (Å²) >= 11 is 5.98. The molecular formula is C19H22ClF3N4O4. The fourth-order valence-corrected chi connectivity index (χ4v) is 2.35. The number of nitrogens with two attached hydrogens (primary N) is 2. The van der Waals surface area contributed by atoms with Crippen LogP contribution in [0.25, 0.3) is 0 Å². The summed E-state index contributed by atoms with van der Waals surface area (Å²) in [6, 6.07) is 4.31. The van der Waals surface area contributed by atoms with Crippen LogP contribution in [-0.4, -0.2) is 36.2 Å². The van der Waals surface area contributed by atoms with Crippen molar-refractivity contribution in [1.82, 2.24) is 5.32 Å². The molecule has 0 aliphatic rings. The van der Waals surface area contributed by atoms with Crippen LogP contribution in [0.1, 0.15) is 36.7 Å². The summed E-state index contributed by atoms with van der Waals surface area (Å²) in [7, 11) is 0. The average Bonchev–Trinajstić information content (AvgIpc) is 2.63. The molecule has 0 radical (unpaired) electrons. The van der Waals surface area contributed by atoms with Gasteiger partial charge in [-0.25, -0.2) is 4.79 Å². The summed E-state index contributed by atoms with van der Waals surface area (Å²) in [5, 5.41) is 9.70. The van der Waals surface area contributed by atoms with Crippen molar-refractivity contribution in [1.29, 1.82) is 5.41 Å². The van der Waals surface area contributed by atoms with Crippen LogP contribution in [0.3, 0.4) is 0 Å². The molecule has 0 aromatic heterocycles. The van der Waals surface area contributed by atoms with E-state index in [1.807, 2.05) is 0 Å². The Morgan fingerprint density at radius 3 is 2.23 bits per heavy atom. The van der Waals surface area contributed by atoms with Gasteiger partial charge in [0.15, 0.2) is 12.3 Å². The minimum atomic E-state index is -5.20. The number of rotatable bonds is 7. The van der Waals surface area contributed by atoms with Crippen molar-refractivity contribution >= 4 is 35.0 Å². The van der Waals surface area contributed by atoms with Gasteiger partial charge >= 0.3 is 12.1 Å². The first-order valence-corrected chi connectivity index (χ1v) is 9.12. The second-order valence-corrected chi connectivity index (χ2v) is 7.86. The number of ether oxygens (including phenoxy) is 1. The Labute approximate surface area is 181 Å². The third-order valence-corrected chi connectivity index (χ3v) is 4.16. The fourth-order valence-electron chi connectivity index (χ4n) is 2.13. The number of alkyl halides is 3. The molecule has 1 amide bonds. The lowest BCUT2D eigenvalue weighted by Crippen LogP contribution is -2.34. The summed E-state index contributed by atoms with van der Waals surface area (Å²) in [4.78, 5) is 36.3. The third-order valence-electron chi connectivity index (χ3n) is 3.83. The number of carbonyl (C=O) groups is 3. The van der Waals surface area contributed by atoms with E-state index in [0.29, 0.717) is 5.56 Å². The minimum Gasteiger partial charge on any atom is -0.454 e. The maximum absolute atomic E-state index is 12.7. The first-order chi connectivity index (χ1) is 14.1. The summed E-state index contributed by atoms with van der Waals surface area (Å²) < 4.78 is 42.6. The van der Waals surface area contributed by atoms with Gasteiger partial charge in [-0.3, -0.25) is 15.0 Å². The number of halogens is 4. The molecular weight excluding hydrogens is 441 g/mol. The number of nitrogens with one attached hydrogen (secondary N) is 2. The van der Waals surface area contributed by atoms with Crippen molar-refractivity contribution in [2.75, 3.05) is 6.61 Å². The Kier molecular flexibility index (Phi) is 8.22. The van der Waals surface area contributed by atoms with Crippen molar-refractivity contribution in [3.05, 3.63) is 45.7 Å². The highest BCUT2D eigenvalue weighted by molar-refractivity contribution is 6.34. The summed E-state index contributed by atoms with van der Waals surface area (Å²) in [5.74, 6) is -3.80. The Bertz CT molecular complexity index is 933. The number of benzene rings is 1. The van der Waals surface area contributed by atoms with E-state index in [4.69, 9.17) is 28.5 Å². The molecule has 12 heteroatoms. The van der Waals surface area contributed by atoms with Crippen LogP contribution in [0, 0.1) is 10.8 Å². The van der Waals surface area contributed by atoms with Gasteiger partial charge in [-0.05, 0) is 17.7 Å². The van der Waals surface area contributed by atoms with Crippen LogP contribution >= 0.6 is 11.6 Å². The molecule has 31 heavy (non-hydrogen) atoms. The number of hydrogen-bond acceptors (Lipinski definition) is 7. The SMILES string of the molecule is CC(C)(C)C(=O)NCc1ccc(Cl)c(C(=O)COC(=O)C(C(=N)C(F)(F)F)=C(N)N)c1. The van der Waals surface area contributed by atoms with E-state index >= 15 is 0 Å². The molecule has 0 heterocycles. The summed E-state index contributed by atoms with van der Waals surface area (Å²) in [6.07, 6.45) is -5.20. The van der Waals surface area contributed by atoms with E-state index in [0.717, 1.165) is 0 Å². The standard InChI is InChI=1S/C19H22ClF3N4O4/c1-18(2,3)17(30)27-7-9-4-5-11(20)10(6-9)12(28)8-31-16(29)13(15(25)26)14(24)19(21,22)23/h4-6,24H,7-8,25-26H2,1-3H3,(H,27,30). The van der Waals surface area contributed by atoms with E-state index in [2.05, 4.69) is 10.1 Å². The van der Waals surface area contributed by atoms with Crippen LogP contribution < -0.4 is 16.8 Å². The van der Waals surface area contributed by atoms with Gasteiger partial charge < -0.3 is 21.5 Å². The lowest BCUT2D eigenvalue weighted by molar-refractivity contribution is -0.138. The molecule has 0 aliphatic heterocycles. The molecule has 0 saturated heterocycles. The van der Waals surface area contributed by atoms with Gasteiger partial charge in [-0.2, -0.15) is 13.2 Å². The molecule has 0 aliphatic carbocycles. The van der Waals surface area contributed by atoms with Crippen molar-refractivity contribution in [3.8, 4) is 0 Å². The zero-order valence-electron chi connectivity index (χ0n) is 16.9. The predicted molar refractivity (Wildman–Crippen MR) is 107 cm³/mol. The van der Waals surface area contributed by atoms with E-state index in [1.54, 1.807) is 26.8 Å². The fraction of sp³-hybridized carbons (Fsp3) is 0.368. The maximum Gasteiger partial charge on any atom is 0.433 e. The van der Waals surface area contributed by atoms with Crippen molar-refractivity contribution < 1.29 is 32.3 Å². The average molecular weight is 463 g/mol. The molecule has 8 nitrogen and oxygen atoms in total. The van der Waals surface area contributed by atoms with Gasteiger partial charge in [0.1, 0.15) is 11.4 Å². The second kappa shape index (κ2) is 9.82. The zero-order valence-corrected chi connectivity index (χ0v) is 17.7. The number of carbonyl (C=O) groups excluding carboxylic acids is 3. The topological polar surface area (TPSA) is 148 Å². The number of Topliss-reactive ketones (excluding diaryl/α,β-unsaturated/α-hetero) is 1. The second-order valence-electron chi connectivity index (χ2n) is 7.45. The highest BCUT2D eigenvalue weighted by Crippen LogP contribution is 2.23. The number of hydrogen-bond donors (Lipinski definition) is 4. The Morgan fingerprint density at radius 1 is 1.16 bits per heavy atom. The quantitative estimate of drug-likeness (QED) is 0.212. The molecule has 0 bridgehead atoms. The molecule has 0 unspecified atom stereocenters. The van der Waals surface area contributed by atoms with Gasteiger partial charge in [-0.15, -0.1) is 0 Å². The van der Waals surface area contributed by atoms with Crippen LogP contribution in [0.4, 0.5) is 13.2 Å². The highest BCUT2D eigenvalue weighted by atomic mass is 35.5. The van der Waals surface area contributed by atoms with Crippen LogP contribution in [-0.2, 0) is 20.9 Å². The Morgan fingerprint density at radius 2 is 1.74 bits per heavy atom. The maximum atomic E-state index is 12.7. The Balaban J connectivity index is 2.92. The highest BCUT2D eigenvalue weighted by Gasteiger charge is 2.41. The van der Waals surface area contributed by atoms with E-state index in [9.17, 15) is 27.6 Å². The largest absolute Gasteiger partial charge is 0.454 e. The van der Waals surface area contributed by atoms with Crippen LogP contribution in [0.5, 0.6) is 0 Å². The van der Waals surface area contributed by atoms with Gasteiger partial charge in [-0.1, -0.05) is 38.4 Å². The molecule has 0 fully saturated rings. The minimum absolute atomic E-state index is 0.00378. The van der Waals surface area contributed by atoms with Crippen molar-refractivity contribution in [2.45, 2.75) is 33.5 Å². The molecule has 6 N–H and O–H groups in total. The van der Waals surface area contributed by atoms with E-state index in [1.165, 1.54) is 12.1 Å². The number of amides is 1. The molecule has 1 rings (SSSR count). The van der Waals surface area contributed by atoms with Crippen molar-refractivity contribution in [3.63, 3.8) is 0 Å². The first kappa shape index (κ1) is 26.0. The number of ketones is 1. The van der Waals surface area contributed by atoms with Crippen molar-refractivity contribution in [2.24, 2.45) is 16.9 Å². The first-order valence-electron chi connectivity index (χ1n) is 8.74. The Hall–Kier alpha value is -3.08. The monoisotopic (exact) mass is 462 g/mol. The number of esters is 1. The van der Waals surface area contributed by atoms with E-state index in [-0.39, 0.29) is 23.0 Å². The van der Waals surface area contributed by atoms with Crippen LogP contribution in [0.2, 0.25) is 5.02 Å². The molecule has 1 aromatic rings. The lowest BCUT2D eigenvalue weighted by atomic mass is 9.95. The molecule has 0 atom stereocenters. The molecule has 0 saturated carbocycles. The van der Waals surface area contributed by atoms with Gasteiger partial charge in [0.25, 0.3) is 0 Å². The van der Waals surface area contributed by atoms with Gasteiger partial charge in [0.05, 0.1) is 5.02 Å². The summed E-state index contributed by atoms with van der Waals surface area (Å²) in [6.45, 7) is 4.29. The van der Waals surface area contributed by atoms with E-state index < -0.39 is 47.1 Å². The van der Waals surface area contributed by atoms with Gasteiger partial charge in [0, 0.05) is 17.5 Å². The van der Waals surface area contributed by atoms with Crippen LogP contribution in [0.15, 0.2) is 29.6 Å². The smallest absolute Gasteiger partial charge is 0.433 e. The predicted octanol–water partition coefficient (Wildman–Crippen LogP) is 2.44. The van der Waals surface area contributed by atoms with Gasteiger partial charge in [0.2, 0.25) is 11.7 Å². The molecule has 1 aromatic carbocycles. The zero-order chi connectivity index (χ0) is 24.1.